The fraction of sp³-hybridized carbons (Fsp3) is 0.619. The van der Waals surface area contributed by atoms with E-state index in [1.54, 1.807) is 20.1 Å². The van der Waals surface area contributed by atoms with Crippen LogP contribution in [-0.4, -0.2) is 58.5 Å². The lowest BCUT2D eigenvalue weighted by molar-refractivity contribution is -0.168. The van der Waals surface area contributed by atoms with Crippen LogP contribution < -0.4 is 5.73 Å². The summed E-state index contributed by atoms with van der Waals surface area (Å²) in [5.74, 6) is 1.84. The molecule has 3 N–H and O–H groups in total. The Hall–Kier alpha value is -2.61. The molecule has 3 heterocycles. The number of hydrogen-bond acceptors (Lipinski definition) is 9. The number of hydrogen-bond donors (Lipinski definition) is 2. The normalized spacial score (nSPS) is 27.5. The summed E-state index contributed by atoms with van der Waals surface area (Å²) in [5, 5.41) is 10.5. The maximum Gasteiger partial charge on any atom is 0.310 e. The SMILES string of the molecule is C#C[C@]1(COCOC(=O)C(C)C)O[C@@H](CC2C=Nc3c(N)nc(F)nc3CC2)C[C@@H]1O. The molecule has 1 unspecified atom stereocenters. The van der Waals surface area contributed by atoms with Gasteiger partial charge in [-0.1, -0.05) is 19.8 Å². The van der Waals surface area contributed by atoms with Crippen LogP contribution in [0.2, 0.25) is 0 Å². The minimum absolute atomic E-state index is 0.00430. The number of aryl methyl sites for hydroxylation is 1. The third-order valence-electron chi connectivity index (χ3n) is 5.41. The first-order valence-electron chi connectivity index (χ1n) is 10.2. The van der Waals surface area contributed by atoms with E-state index in [4.69, 9.17) is 26.4 Å². The third-order valence-corrected chi connectivity index (χ3v) is 5.41. The van der Waals surface area contributed by atoms with E-state index in [-0.39, 0.29) is 43.1 Å². The van der Waals surface area contributed by atoms with E-state index in [2.05, 4.69) is 20.9 Å². The largest absolute Gasteiger partial charge is 0.438 e. The number of aromatic nitrogens is 2. The van der Waals surface area contributed by atoms with Crippen LogP contribution in [-0.2, 0) is 25.4 Å². The van der Waals surface area contributed by atoms with Crippen molar-refractivity contribution < 1.29 is 28.5 Å². The van der Waals surface area contributed by atoms with E-state index in [1.165, 1.54) is 0 Å². The van der Waals surface area contributed by atoms with Gasteiger partial charge < -0.3 is 25.1 Å². The van der Waals surface area contributed by atoms with Crippen molar-refractivity contribution in [2.45, 2.75) is 57.3 Å². The van der Waals surface area contributed by atoms with Gasteiger partial charge in [-0.3, -0.25) is 9.79 Å². The van der Waals surface area contributed by atoms with Gasteiger partial charge in [0.15, 0.2) is 18.2 Å². The number of nitrogens with two attached hydrogens (primary N) is 1. The Labute approximate surface area is 180 Å². The van der Waals surface area contributed by atoms with Gasteiger partial charge in [0.1, 0.15) is 5.69 Å². The molecule has 0 saturated carbocycles. The molecule has 0 aromatic carbocycles. The molecule has 9 nitrogen and oxygen atoms in total. The van der Waals surface area contributed by atoms with E-state index in [9.17, 15) is 14.3 Å². The van der Waals surface area contributed by atoms with Crippen LogP contribution in [0.1, 0.15) is 38.8 Å². The van der Waals surface area contributed by atoms with Gasteiger partial charge in [0.25, 0.3) is 0 Å². The Morgan fingerprint density at radius 3 is 3.00 bits per heavy atom. The molecule has 0 aliphatic carbocycles. The number of carbonyl (C=O) groups excluding carboxylic acids is 1. The highest BCUT2D eigenvalue weighted by molar-refractivity contribution is 5.73. The number of aliphatic hydroxyl groups excluding tert-OH is 1. The van der Waals surface area contributed by atoms with Gasteiger partial charge in [0.2, 0.25) is 0 Å². The van der Waals surface area contributed by atoms with E-state index < -0.39 is 17.8 Å². The number of rotatable bonds is 7. The molecule has 31 heavy (non-hydrogen) atoms. The minimum Gasteiger partial charge on any atom is -0.438 e. The number of fused-ring (bicyclic) bond motifs is 1. The van der Waals surface area contributed by atoms with Crippen LogP contribution in [0.15, 0.2) is 4.99 Å². The lowest BCUT2D eigenvalue weighted by atomic mass is 9.93. The van der Waals surface area contributed by atoms with Crippen molar-refractivity contribution in [3.63, 3.8) is 0 Å². The third kappa shape index (κ3) is 5.36. The summed E-state index contributed by atoms with van der Waals surface area (Å²) in [5.41, 5.74) is 5.29. The summed E-state index contributed by atoms with van der Waals surface area (Å²) in [4.78, 5) is 23.2. The summed E-state index contributed by atoms with van der Waals surface area (Å²) in [6.07, 6.45) is 7.28. The first kappa shape index (κ1) is 23.1. The van der Waals surface area contributed by atoms with E-state index in [0.29, 0.717) is 37.1 Å². The zero-order chi connectivity index (χ0) is 22.6. The van der Waals surface area contributed by atoms with Gasteiger partial charge >= 0.3 is 12.0 Å². The van der Waals surface area contributed by atoms with Crippen molar-refractivity contribution in [2.75, 3.05) is 19.1 Å². The van der Waals surface area contributed by atoms with Gasteiger partial charge in [0, 0.05) is 12.6 Å². The van der Waals surface area contributed by atoms with E-state index in [0.717, 1.165) is 0 Å². The lowest BCUT2D eigenvalue weighted by Gasteiger charge is -2.26. The summed E-state index contributed by atoms with van der Waals surface area (Å²) in [6, 6.07) is 0. The molecule has 168 valence electrons. The number of anilines is 1. The Bertz CT molecular complexity index is 887. The molecule has 0 amide bonds. The number of ether oxygens (including phenoxy) is 3. The number of aliphatic hydroxyl groups is 1. The minimum atomic E-state index is -1.32. The number of carbonyl (C=O) groups is 1. The molecule has 3 rings (SSSR count). The maximum absolute atomic E-state index is 13.4. The van der Waals surface area contributed by atoms with Gasteiger partial charge in [-0.2, -0.15) is 9.37 Å². The Kier molecular flexibility index (Phi) is 7.20. The Balaban J connectivity index is 1.56. The number of esters is 1. The molecule has 1 fully saturated rings. The molecule has 2 aliphatic heterocycles. The van der Waals surface area contributed by atoms with Gasteiger partial charge in [-0.05, 0) is 25.2 Å². The van der Waals surface area contributed by atoms with Crippen LogP contribution in [0, 0.1) is 30.3 Å². The standard InChI is InChI=1S/C21H27FN4O5/c1-4-21(10-29-11-30-19(28)12(2)3)16(27)8-14(31-21)7-13-5-6-15-17(24-9-13)18(23)26-20(22)25-15/h1,9,12-14,16,27H,5-8,10-11H2,2-3H3,(H2,23,25,26)/t13?,14-,16-,21+/m0/s1. The molecule has 0 bridgehead atoms. The predicted octanol–water partition coefficient (Wildman–Crippen LogP) is 1.55. The van der Waals surface area contributed by atoms with Crippen molar-refractivity contribution in [1.29, 1.82) is 0 Å². The van der Waals surface area contributed by atoms with Gasteiger partial charge in [-0.25, -0.2) is 4.98 Å². The van der Waals surface area contributed by atoms with Crippen molar-refractivity contribution in [2.24, 2.45) is 16.8 Å². The van der Waals surface area contributed by atoms with E-state index in [1.807, 2.05) is 0 Å². The second-order valence-corrected chi connectivity index (χ2v) is 8.10. The Morgan fingerprint density at radius 2 is 2.29 bits per heavy atom. The van der Waals surface area contributed by atoms with Crippen LogP contribution in [0.5, 0.6) is 0 Å². The fourth-order valence-corrected chi connectivity index (χ4v) is 3.67. The topological polar surface area (TPSA) is 129 Å². The summed E-state index contributed by atoms with van der Waals surface area (Å²) < 4.78 is 29.8. The Morgan fingerprint density at radius 1 is 1.52 bits per heavy atom. The molecular weight excluding hydrogens is 407 g/mol. The van der Waals surface area contributed by atoms with Crippen molar-refractivity contribution in [3.05, 3.63) is 11.8 Å². The molecule has 4 atom stereocenters. The lowest BCUT2D eigenvalue weighted by Crippen LogP contribution is -2.43. The number of halogens is 1. The number of nitrogens with zero attached hydrogens (tertiary/aromatic N) is 3. The quantitative estimate of drug-likeness (QED) is 0.217. The highest BCUT2D eigenvalue weighted by atomic mass is 19.1. The van der Waals surface area contributed by atoms with E-state index >= 15 is 0 Å². The maximum atomic E-state index is 13.4. The zero-order valence-electron chi connectivity index (χ0n) is 17.6. The molecule has 2 aliphatic rings. The monoisotopic (exact) mass is 434 g/mol. The highest BCUT2D eigenvalue weighted by Crippen LogP contribution is 2.36. The molecule has 0 spiro atoms. The smallest absolute Gasteiger partial charge is 0.310 e. The molecule has 1 saturated heterocycles. The molecular formula is C21H27FN4O5. The van der Waals surface area contributed by atoms with Gasteiger partial charge in [-0.15, -0.1) is 6.42 Å². The summed E-state index contributed by atoms with van der Waals surface area (Å²) >= 11 is 0. The molecule has 10 heteroatoms. The molecule has 1 aromatic heterocycles. The first-order valence-corrected chi connectivity index (χ1v) is 10.2. The van der Waals surface area contributed by atoms with Crippen LogP contribution in [0.4, 0.5) is 15.9 Å². The molecule has 0 radical (unpaired) electrons. The van der Waals surface area contributed by atoms with Crippen LogP contribution >= 0.6 is 0 Å². The fourth-order valence-electron chi connectivity index (χ4n) is 3.67. The van der Waals surface area contributed by atoms with Crippen LogP contribution in [0.25, 0.3) is 0 Å². The van der Waals surface area contributed by atoms with Crippen molar-refractivity contribution in [1.82, 2.24) is 9.97 Å². The van der Waals surface area contributed by atoms with Crippen LogP contribution in [0.3, 0.4) is 0 Å². The van der Waals surface area contributed by atoms with Crippen molar-refractivity contribution >= 4 is 23.7 Å². The first-order chi connectivity index (χ1) is 14.7. The average Bonchev–Trinajstić information content (AvgIpc) is 2.88. The average molecular weight is 434 g/mol. The predicted molar refractivity (Wildman–Crippen MR) is 110 cm³/mol. The highest BCUT2D eigenvalue weighted by Gasteiger charge is 2.47. The van der Waals surface area contributed by atoms with Crippen molar-refractivity contribution in [3.8, 4) is 12.3 Å². The summed E-state index contributed by atoms with van der Waals surface area (Å²) in [6.45, 7) is 3.05. The number of nitrogen functional groups attached to an aromatic ring is 1. The zero-order valence-corrected chi connectivity index (χ0v) is 17.6. The second kappa shape index (κ2) is 9.68. The number of aliphatic imine (C=N–C) groups is 1. The molecule has 1 aromatic rings. The number of terminal acetylenes is 1. The second-order valence-electron chi connectivity index (χ2n) is 8.10. The summed E-state index contributed by atoms with van der Waals surface area (Å²) in [7, 11) is 0. The van der Waals surface area contributed by atoms with Gasteiger partial charge in [0.05, 0.1) is 30.4 Å².